The quantitative estimate of drug-likeness (QED) is 0.312. The SMILES string of the molecule is CC#CN[C@@H](CCCCN)C(=O)O. The van der Waals surface area contributed by atoms with E-state index in [-0.39, 0.29) is 0 Å². The number of aliphatic carboxylic acids is 1. The predicted molar refractivity (Wildman–Crippen MR) is 50.9 cm³/mol. The molecule has 13 heavy (non-hydrogen) atoms. The van der Waals surface area contributed by atoms with E-state index in [2.05, 4.69) is 17.3 Å². The van der Waals surface area contributed by atoms with Gasteiger partial charge in [-0.3, -0.25) is 0 Å². The standard InChI is InChI=1S/C9H16N2O2/c1-2-7-11-8(9(12)13)5-3-4-6-10/h8,11H,3-6,10H2,1H3,(H,12,13)/t8-/m0/s1. The molecule has 0 amide bonds. The Morgan fingerprint density at radius 1 is 1.62 bits per heavy atom. The Balaban J connectivity index is 3.78. The van der Waals surface area contributed by atoms with E-state index >= 15 is 0 Å². The number of hydrogen-bond donors (Lipinski definition) is 3. The third kappa shape index (κ3) is 6.00. The van der Waals surface area contributed by atoms with Crippen molar-refractivity contribution in [3.63, 3.8) is 0 Å². The van der Waals surface area contributed by atoms with Crippen molar-refractivity contribution in [2.75, 3.05) is 6.54 Å². The fourth-order valence-corrected chi connectivity index (χ4v) is 0.909. The van der Waals surface area contributed by atoms with Gasteiger partial charge in [0, 0.05) is 6.04 Å². The molecule has 4 heteroatoms. The molecule has 4 N–H and O–H groups in total. The lowest BCUT2D eigenvalue weighted by molar-refractivity contribution is -0.139. The first-order valence-corrected chi connectivity index (χ1v) is 4.32. The van der Waals surface area contributed by atoms with E-state index in [0.29, 0.717) is 13.0 Å². The smallest absolute Gasteiger partial charge is 0.326 e. The monoisotopic (exact) mass is 184 g/mol. The Bertz CT molecular complexity index is 205. The molecular formula is C9H16N2O2. The van der Waals surface area contributed by atoms with Gasteiger partial charge in [0.05, 0.1) is 0 Å². The van der Waals surface area contributed by atoms with Crippen LogP contribution in [0.1, 0.15) is 26.2 Å². The zero-order chi connectivity index (χ0) is 10.1. The van der Waals surface area contributed by atoms with Crippen LogP contribution in [0.4, 0.5) is 0 Å². The van der Waals surface area contributed by atoms with Gasteiger partial charge in [-0.1, -0.05) is 5.92 Å². The third-order valence-electron chi connectivity index (χ3n) is 1.62. The summed E-state index contributed by atoms with van der Waals surface area (Å²) in [6.07, 6.45) is 2.23. The summed E-state index contributed by atoms with van der Waals surface area (Å²) in [6.45, 7) is 2.26. The molecule has 0 aliphatic rings. The molecule has 74 valence electrons. The van der Waals surface area contributed by atoms with E-state index in [1.165, 1.54) is 0 Å². The molecule has 4 nitrogen and oxygen atoms in total. The Morgan fingerprint density at radius 2 is 2.31 bits per heavy atom. The van der Waals surface area contributed by atoms with Crippen LogP contribution in [-0.2, 0) is 4.79 Å². The average Bonchev–Trinajstić information content (AvgIpc) is 2.10. The van der Waals surface area contributed by atoms with Gasteiger partial charge in [-0.05, 0) is 32.7 Å². The minimum atomic E-state index is -0.861. The van der Waals surface area contributed by atoms with E-state index in [4.69, 9.17) is 10.8 Å². The first kappa shape index (κ1) is 11.8. The largest absolute Gasteiger partial charge is 0.480 e. The highest BCUT2D eigenvalue weighted by Gasteiger charge is 2.14. The Morgan fingerprint density at radius 3 is 2.77 bits per heavy atom. The predicted octanol–water partition coefficient (Wildman–Crippen LogP) is 0.139. The summed E-state index contributed by atoms with van der Waals surface area (Å²) >= 11 is 0. The molecule has 0 spiro atoms. The van der Waals surface area contributed by atoms with Crippen molar-refractivity contribution >= 4 is 5.97 Å². The number of unbranched alkanes of at least 4 members (excludes halogenated alkanes) is 1. The van der Waals surface area contributed by atoms with E-state index in [1.54, 1.807) is 6.92 Å². The van der Waals surface area contributed by atoms with Crippen LogP contribution in [0.2, 0.25) is 0 Å². The number of carbonyl (C=O) groups is 1. The number of carboxylic acid groups (broad SMARTS) is 1. The van der Waals surface area contributed by atoms with Crippen molar-refractivity contribution in [1.82, 2.24) is 5.32 Å². The normalized spacial score (nSPS) is 11.2. The van der Waals surface area contributed by atoms with Crippen molar-refractivity contribution in [3.05, 3.63) is 0 Å². The molecular weight excluding hydrogens is 168 g/mol. The van der Waals surface area contributed by atoms with Gasteiger partial charge in [0.25, 0.3) is 0 Å². The molecule has 0 saturated carbocycles. The molecule has 0 heterocycles. The van der Waals surface area contributed by atoms with E-state index in [1.807, 2.05) is 0 Å². The summed E-state index contributed by atoms with van der Waals surface area (Å²) in [5.74, 6) is 1.73. The fourth-order valence-electron chi connectivity index (χ4n) is 0.909. The molecule has 0 aliphatic carbocycles. The Kier molecular flexibility index (Phi) is 6.75. The maximum Gasteiger partial charge on any atom is 0.326 e. The lowest BCUT2D eigenvalue weighted by Gasteiger charge is -2.09. The molecule has 0 bridgehead atoms. The highest BCUT2D eigenvalue weighted by Crippen LogP contribution is 1.99. The molecule has 0 aromatic rings. The molecule has 0 aliphatic heterocycles. The summed E-state index contributed by atoms with van der Waals surface area (Å²) in [5, 5.41) is 11.4. The fraction of sp³-hybridized carbons (Fsp3) is 0.667. The minimum absolute atomic E-state index is 0.570. The number of hydrogen-bond acceptors (Lipinski definition) is 3. The number of carboxylic acids is 1. The van der Waals surface area contributed by atoms with Crippen molar-refractivity contribution in [1.29, 1.82) is 0 Å². The van der Waals surface area contributed by atoms with Crippen LogP contribution in [0.15, 0.2) is 0 Å². The van der Waals surface area contributed by atoms with Gasteiger partial charge >= 0.3 is 5.97 Å². The zero-order valence-corrected chi connectivity index (χ0v) is 7.84. The highest BCUT2D eigenvalue weighted by atomic mass is 16.4. The van der Waals surface area contributed by atoms with Gasteiger partial charge in [0.1, 0.15) is 6.04 Å². The second-order valence-corrected chi connectivity index (χ2v) is 2.69. The maximum absolute atomic E-state index is 10.6. The summed E-state index contributed by atoms with van der Waals surface area (Å²) in [5.41, 5.74) is 5.30. The molecule has 0 saturated heterocycles. The van der Waals surface area contributed by atoms with Gasteiger partial charge < -0.3 is 16.2 Å². The first-order chi connectivity index (χ1) is 6.22. The Hall–Kier alpha value is -1.21. The minimum Gasteiger partial charge on any atom is -0.480 e. The van der Waals surface area contributed by atoms with Crippen LogP contribution in [-0.4, -0.2) is 23.7 Å². The molecule has 0 aromatic carbocycles. The van der Waals surface area contributed by atoms with Crippen LogP contribution < -0.4 is 11.1 Å². The van der Waals surface area contributed by atoms with Gasteiger partial charge in [-0.25, -0.2) is 4.79 Å². The molecule has 0 fully saturated rings. The topological polar surface area (TPSA) is 75.3 Å². The zero-order valence-electron chi connectivity index (χ0n) is 7.84. The van der Waals surface area contributed by atoms with Crippen LogP contribution in [0.3, 0.4) is 0 Å². The Labute approximate surface area is 78.5 Å². The summed E-state index contributed by atoms with van der Waals surface area (Å²) in [4.78, 5) is 10.6. The number of nitrogens with one attached hydrogen (secondary N) is 1. The second kappa shape index (κ2) is 7.44. The van der Waals surface area contributed by atoms with Gasteiger partial charge in [-0.2, -0.15) is 0 Å². The molecule has 0 aromatic heterocycles. The van der Waals surface area contributed by atoms with Crippen molar-refractivity contribution < 1.29 is 9.90 Å². The van der Waals surface area contributed by atoms with E-state index in [9.17, 15) is 4.79 Å². The van der Waals surface area contributed by atoms with Crippen molar-refractivity contribution in [2.45, 2.75) is 32.2 Å². The lowest BCUT2D eigenvalue weighted by atomic mass is 10.1. The first-order valence-electron chi connectivity index (χ1n) is 4.32. The van der Waals surface area contributed by atoms with Crippen LogP contribution in [0, 0.1) is 12.0 Å². The van der Waals surface area contributed by atoms with E-state index < -0.39 is 12.0 Å². The van der Waals surface area contributed by atoms with Gasteiger partial charge in [0.2, 0.25) is 0 Å². The third-order valence-corrected chi connectivity index (χ3v) is 1.62. The lowest BCUT2D eigenvalue weighted by Crippen LogP contribution is -2.33. The van der Waals surface area contributed by atoms with Crippen LogP contribution >= 0.6 is 0 Å². The van der Waals surface area contributed by atoms with Crippen LogP contribution in [0.25, 0.3) is 0 Å². The molecule has 0 rings (SSSR count). The average molecular weight is 184 g/mol. The number of rotatable bonds is 6. The van der Waals surface area contributed by atoms with Crippen LogP contribution in [0.5, 0.6) is 0 Å². The van der Waals surface area contributed by atoms with E-state index in [0.717, 1.165) is 12.8 Å². The number of nitrogens with two attached hydrogens (primary N) is 1. The molecule has 0 radical (unpaired) electrons. The van der Waals surface area contributed by atoms with Gasteiger partial charge in [-0.15, -0.1) is 0 Å². The maximum atomic E-state index is 10.6. The molecule has 0 unspecified atom stereocenters. The molecule has 1 atom stereocenters. The summed E-state index contributed by atoms with van der Waals surface area (Å²) in [7, 11) is 0. The van der Waals surface area contributed by atoms with Crippen molar-refractivity contribution in [3.8, 4) is 12.0 Å². The van der Waals surface area contributed by atoms with Crippen molar-refractivity contribution in [2.24, 2.45) is 5.73 Å². The second-order valence-electron chi connectivity index (χ2n) is 2.69. The summed E-state index contributed by atoms with van der Waals surface area (Å²) in [6, 6.07) is 1.97. The highest BCUT2D eigenvalue weighted by molar-refractivity contribution is 5.73. The summed E-state index contributed by atoms with van der Waals surface area (Å²) < 4.78 is 0. The van der Waals surface area contributed by atoms with Gasteiger partial charge in [0.15, 0.2) is 0 Å².